The average molecular weight is 509 g/mol. The second-order valence-electron chi connectivity index (χ2n) is 9.50. The summed E-state index contributed by atoms with van der Waals surface area (Å²) < 4.78 is 13.6. The molecule has 0 saturated heterocycles. The minimum absolute atomic E-state index is 0.0831. The first-order valence-electron chi connectivity index (χ1n) is 12.5. The van der Waals surface area contributed by atoms with Crippen LogP contribution in [0.5, 0.6) is 11.5 Å². The number of amides is 2. The summed E-state index contributed by atoms with van der Waals surface area (Å²) in [6.07, 6.45) is 6.29. The molecule has 8 nitrogen and oxygen atoms in total. The summed E-state index contributed by atoms with van der Waals surface area (Å²) in [7, 11) is 1.83. The van der Waals surface area contributed by atoms with Crippen LogP contribution in [0.3, 0.4) is 0 Å². The van der Waals surface area contributed by atoms with Gasteiger partial charge in [-0.05, 0) is 43.3 Å². The zero-order valence-corrected chi connectivity index (χ0v) is 21.5. The van der Waals surface area contributed by atoms with E-state index in [-0.39, 0.29) is 31.0 Å². The predicted molar refractivity (Wildman–Crippen MR) is 137 cm³/mol. The van der Waals surface area contributed by atoms with E-state index in [0.29, 0.717) is 17.1 Å². The predicted octanol–water partition coefficient (Wildman–Crippen LogP) is 4.15. The highest BCUT2D eigenvalue weighted by molar-refractivity contribution is 7.09. The van der Waals surface area contributed by atoms with Gasteiger partial charge in [-0.2, -0.15) is 5.10 Å². The number of carbonyl (C=O) groups is 2. The molecule has 1 fully saturated rings. The summed E-state index contributed by atoms with van der Waals surface area (Å²) in [6, 6.07) is 10.5. The number of nitrogens with zero attached hydrogens (tertiary/aromatic N) is 3. The van der Waals surface area contributed by atoms with E-state index in [1.807, 2.05) is 55.9 Å². The number of aromatic nitrogens is 2. The van der Waals surface area contributed by atoms with Crippen LogP contribution in [-0.2, 0) is 23.2 Å². The maximum atomic E-state index is 14.1. The average Bonchev–Trinajstić information content (AvgIpc) is 3.52. The van der Waals surface area contributed by atoms with Gasteiger partial charge < -0.3 is 19.7 Å². The Kier molecular flexibility index (Phi) is 7.27. The van der Waals surface area contributed by atoms with Crippen molar-refractivity contribution in [2.45, 2.75) is 63.8 Å². The highest BCUT2D eigenvalue weighted by atomic mass is 32.1. The number of carbonyl (C=O) groups excluding carboxylic acids is 2. The lowest BCUT2D eigenvalue weighted by Crippen LogP contribution is -2.52. The molecule has 1 aliphatic carbocycles. The van der Waals surface area contributed by atoms with Gasteiger partial charge in [0.25, 0.3) is 5.91 Å². The molecule has 0 spiro atoms. The van der Waals surface area contributed by atoms with Gasteiger partial charge in [-0.25, -0.2) is 0 Å². The number of para-hydroxylation sites is 2. The van der Waals surface area contributed by atoms with E-state index in [4.69, 9.17) is 9.47 Å². The highest BCUT2D eigenvalue weighted by Crippen LogP contribution is 2.34. The Hall–Kier alpha value is -3.33. The molecule has 5 rings (SSSR count). The number of nitrogens with one attached hydrogen (secondary N) is 1. The summed E-state index contributed by atoms with van der Waals surface area (Å²) in [4.78, 5) is 30.6. The summed E-state index contributed by atoms with van der Waals surface area (Å²) in [5.41, 5.74) is 1.43. The monoisotopic (exact) mass is 508 g/mol. The molecular weight excluding hydrogens is 476 g/mol. The van der Waals surface area contributed by atoms with E-state index in [2.05, 4.69) is 10.4 Å². The molecule has 3 aromatic rings. The molecule has 1 N–H and O–H groups in total. The normalized spacial score (nSPS) is 18.4. The van der Waals surface area contributed by atoms with Crippen molar-refractivity contribution in [2.75, 3.05) is 6.61 Å². The SMILES string of the molecule is Cc1nn(C)cc1[C@@H](C(=O)NC1CCCCC1)N(Cc1cccs1)C(=O)[C@@H]1COc2ccccc2O1. The van der Waals surface area contributed by atoms with Gasteiger partial charge >= 0.3 is 0 Å². The topological polar surface area (TPSA) is 85.7 Å². The third-order valence-corrected chi connectivity index (χ3v) is 7.69. The van der Waals surface area contributed by atoms with Crippen molar-refractivity contribution in [3.63, 3.8) is 0 Å². The lowest BCUT2D eigenvalue weighted by Gasteiger charge is -2.36. The summed E-state index contributed by atoms with van der Waals surface area (Å²) in [6.45, 7) is 2.25. The standard InChI is InChI=1S/C27H32N4O4S/c1-18-21(16-30(2)29-18)25(26(32)28-19-9-4-3-5-10-19)31(15-20-11-8-14-36-20)27(33)24-17-34-22-12-6-7-13-23(22)35-24/h6-8,11-14,16,19,24-25H,3-5,9-10,15,17H2,1-2H3,(H,28,32)/t24-,25-/m0/s1. The lowest BCUT2D eigenvalue weighted by molar-refractivity contribution is -0.149. The van der Waals surface area contributed by atoms with Gasteiger partial charge in [0, 0.05) is 29.7 Å². The zero-order valence-electron chi connectivity index (χ0n) is 20.7. The van der Waals surface area contributed by atoms with Crippen molar-refractivity contribution in [3.05, 3.63) is 64.1 Å². The molecule has 1 aliphatic heterocycles. The minimum atomic E-state index is -0.859. The second kappa shape index (κ2) is 10.7. The number of fused-ring (bicyclic) bond motifs is 1. The maximum Gasteiger partial charge on any atom is 0.268 e. The lowest BCUT2D eigenvalue weighted by atomic mass is 9.94. The molecule has 2 amide bonds. The van der Waals surface area contributed by atoms with Crippen LogP contribution in [-0.4, -0.2) is 45.2 Å². The van der Waals surface area contributed by atoms with E-state index >= 15 is 0 Å². The van der Waals surface area contributed by atoms with Crippen LogP contribution < -0.4 is 14.8 Å². The molecule has 0 bridgehead atoms. The fourth-order valence-corrected chi connectivity index (χ4v) is 5.76. The number of thiophene rings is 1. The van der Waals surface area contributed by atoms with E-state index < -0.39 is 12.1 Å². The van der Waals surface area contributed by atoms with Crippen LogP contribution in [0.2, 0.25) is 0 Å². The third-order valence-electron chi connectivity index (χ3n) is 6.83. The number of benzene rings is 1. The van der Waals surface area contributed by atoms with E-state index in [1.54, 1.807) is 27.0 Å². The van der Waals surface area contributed by atoms with E-state index in [0.717, 1.165) is 36.3 Å². The third kappa shape index (κ3) is 5.26. The molecule has 36 heavy (non-hydrogen) atoms. The molecule has 1 saturated carbocycles. The Bertz CT molecular complexity index is 1200. The zero-order chi connectivity index (χ0) is 25.1. The minimum Gasteiger partial charge on any atom is -0.485 e. The van der Waals surface area contributed by atoms with Crippen molar-refractivity contribution in [1.29, 1.82) is 0 Å². The molecule has 1 aromatic carbocycles. The van der Waals surface area contributed by atoms with Crippen molar-refractivity contribution in [2.24, 2.45) is 7.05 Å². The van der Waals surface area contributed by atoms with Gasteiger partial charge in [-0.3, -0.25) is 14.3 Å². The highest BCUT2D eigenvalue weighted by Gasteiger charge is 2.40. The second-order valence-corrected chi connectivity index (χ2v) is 10.5. The first kappa shape index (κ1) is 24.4. The largest absolute Gasteiger partial charge is 0.485 e. The molecular formula is C27H32N4O4S. The first-order valence-corrected chi connectivity index (χ1v) is 13.4. The smallest absolute Gasteiger partial charge is 0.268 e. The van der Waals surface area contributed by atoms with Crippen LogP contribution in [0.4, 0.5) is 0 Å². The molecule has 3 heterocycles. The Morgan fingerprint density at radius 1 is 1.17 bits per heavy atom. The maximum absolute atomic E-state index is 14.1. The number of hydrogen-bond acceptors (Lipinski definition) is 6. The molecule has 2 aliphatic rings. The van der Waals surface area contributed by atoms with E-state index in [1.165, 1.54) is 6.42 Å². The fraction of sp³-hybridized carbons (Fsp3) is 0.444. The van der Waals surface area contributed by atoms with Crippen LogP contribution >= 0.6 is 11.3 Å². The van der Waals surface area contributed by atoms with Gasteiger partial charge in [0.1, 0.15) is 12.6 Å². The molecule has 190 valence electrons. The van der Waals surface area contributed by atoms with Crippen molar-refractivity contribution < 1.29 is 19.1 Å². The van der Waals surface area contributed by atoms with Gasteiger partial charge in [0.15, 0.2) is 11.5 Å². The van der Waals surface area contributed by atoms with Crippen molar-refractivity contribution in [3.8, 4) is 11.5 Å². The summed E-state index contributed by atoms with van der Waals surface area (Å²) >= 11 is 1.55. The molecule has 0 radical (unpaired) electrons. The van der Waals surface area contributed by atoms with Gasteiger partial charge in [-0.15, -0.1) is 11.3 Å². The number of rotatable bonds is 7. The first-order chi connectivity index (χ1) is 17.5. The van der Waals surface area contributed by atoms with Gasteiger partial charge in [0.2, 0.25) is 12.0 Å². The number of ether oxygens (including phenoxy) is 2. The van der Waals surface area contributed by atoms with E-state index in [9.17, 15) is 9.59 Å². The van der Waals surface area contributed by atoms with Crippen LogP contribution in [0.1, 0.15) is 54.3 Å². The Balaban J connectivity index is 1.49. The Morgan fingerprint density at radius 2 is 1.94 bits per heavy atom. The molecule has 0 unspecified atom stereocenters. The molecule has 2 atom stereocenters. The number of hydrogen-bond donors (Lipinski definition) is 1. The van der Waals surface area contributed by atoms with Crippen molar-refractivity contribution >= 4 is 23.2 Å². The molecule has 9 heteroatoms. The van der Waals surface area contributed by atoms with Gasteiger partial charge in [-0.1, -0.05) is 37.5 Å². The van der Waals surface area contributed by atoms with Crippen molar-refractivity contribution in [1.82, 2.24) is 20.0 Å². The number of aryl methyl sites for hydroxylation is 2. The summed E-state index contributed by atoms with van der Waals surface area (Å²) in [5.74, 6) is 0.671. The van der Waals surface area contributed by atoms with Gasteiger partial charge in [0.05, 0.1) is 12.2 Å². The summed E-state index contributed by atoms with van der Waals surface area (Å²) in [5, 5.41) is 9.71. The van der Waals surface area contributed by atoms with Crippen LogP contribution in [0.25, 0.3) is 0 Å². The fourth-order valence-electron chi connectivity index (χ4n) is 5.06. The van der Waals surface area contributed by atoms with Crippen LogP contribution in [0.15, 0.2) is 48.0 Å². The Labute approximate surface area is 215 Å². The van der Waals surface area contributed by atoms with Crippen LogP contribution in [0, 0.1) is 6.92 Å². The quantitative estimate of drug-likeness (QED) is 0.518. The Morgan fingerprint density at radius 3 is 2.64 bits per heavy atom. The molecule has 2 aromatic heterocycles.